The largest absolute Gasteiger partial charge is 0.384 e. The van der Waals surface area contributed by atoms with Crippen molar-refractivity contribution in [2.75, 3.05) is 5.73 Å². The minimum atomic E-state index is 0. The van der Waals surface area contributed by atoms with Gasteiger partial charge < -0.3 is 5.73 Å². The molecule has 0 aliphatic rings. The number of pyridine rings is 1. The van der Waals surface area contributed by atoms with Crippen LogP contribution in [0, 0.1) is 0 Å². The van der Waals surface area contributed by atoms with Crippen molar-refractivity contribution in [3.63, 3.8) is 0 Å². The van der Waals surface area contributed by atoms with Crippen molar-refractivity contribution in [2.24, 2.45) is 0 Å². The van der Waals surface area contributed by atoms with Gasteiger partial charge in [-0.05, 0) is 35.9 Å². The molecule has 1 heterocycles. The first-order valence-electron chi connectivity index (χ1n) is 4.90. The molecule has 0 radical (unpaired) electrons. The summed E-state index contributed by atoms with van der Waals surface area (Å²) in [7, 11) is 0. The van der Waals surface area contributed by atoms with E-state index in [0.29, 0.717) is 5.82 Å². The lowest BCUT2D eigenvalue weighted by Crippen LogP contribution is -1.90. The lowest BCUT2D eigenvalue weighted by Gasteiger charge is -1.96. The summed E-state index contributed by atoms with van der Waals surface area (Å²) >= 11 is 5.88. The lowest BCUT2D eigenvalue weighted by molar-refractivity contribution is 1.31. The van der Waals surface area contributed by atoms with E-state index in [0.717, 1.165) is 16.3 Å². The molecule has 88 valence electrons. The van der Waals surface area contributed by atoms with E-state index >= 15 is 0 Å². The second-order valence-electron chi connectivity index (χ2n) is 3.38. The van der Waals surface area contributed by atoms with Crippen molar-refractivity contribution >= 4 is 42.0 Å². The maximum Gasteiger partial charge on any atom is 0.124 e. The minimum absolute atomic E-state index is 0. The summed E-state index contributed by atoms with van der Waals surface area (Å²) < 4.78 is 0. The predicted octanol–water partition coefficient (Wildman–Crippen LogP) is 3.91. The first-order chi connectivity index (χ1) is 7.74. The molecule has 2 nitrogen and oxygen atoms in total. The first-order valence-corrected chi connectivity index (χ1v) is 5.28. The van der Waals surface area contributed by atoms with E-state index in [-0.39, 0.29) is 12.4 Å². The van der Waals surface area contributed by atoms with Crippen LogP contribution >= 0.6 is 24.0 Å². The molecule has 0 bridgehead atoms. The highest BCUT2D eigenvalue weighted by molar-refractivity contribution is 6.30. The third kappa shape index (κ3) is 4.10. The van der Waals surface area contributed by atoms with E-state index in [1.165, 1.54) is 0 Å². The van der Waals surface area contributed by atoms with Crippen molar-refractivity contribution < 1.29 is 0 Å². The van der Waals surface area contributed by atoms with E-state index in [9.17, 15) is 0 Å². The Hall–Kier alpha value is -1.51. The molecule has 0 amide bonds. The van der Waals surface area contributed by atoms with Gasteiger partial charge in [-0.3, -0.25) is 0 Å². The molecule has 0 atom stereocenters. The molecule has 2 aromatic rings. The SMILES string of the molecule is Cl.Nc1cccc(/C=C/c2cccc(Cl)c2)n1. The van der Waals surface area contributed by atoms with Crippen LogP contribution in [0.5, 0.6) is 0 Å². The van der Waals surface area contributed by atoms with Crippen LogP contribution in [0.25, 0.3) is 12.2 Å². The number of hydrogen-bond donors (Lipinski definition) is 1. The second-order valence-corrected chi connectivity index (χ2v) is 3.81. The molecule has 2 N–H and O–H groups in total. The standard InChI is InChI=1S/C13H11ClN2.ClH/c14-11-4-1-3-10(9-11)7-8-12-5-2-6-13(15)16-12;/h1-9H,(H2,15,16);1H/b8-7+;. The van der Waals surface area contributed by atoms with Gasteiger partial charge in [0.1, 0.15) is 5.82 Å². The molecular weight excluding hydrogens is 255 g/mol. The Bertz CT molecular complexity index is 477. The number of benzene rings is 1. The molecule has 0 aliphatic heterocycles. The number of hydrogen-bond acceptors (Lipinski definition) is 2. The zero-order valence-corrected chi connectivity index (χ0v) is 10.6. The minimum Gasteiger partial charge on any atom is -0.384 e. The molecule has 0 aliphatic carbocycles. The van der Waals surface area contributed by atoms with E-state index in [1.54, 1.807) is 6.07 Å². The van der Waals surface area contributed by atoms with Crippen LogP contribution in [0.4, 0.5) is 5.82 Å². The Morgan fingerprint density at radius 1 is 1.06 bits per heavy atom. The number of halogens is 2. The molecule has 4 heteroatoms. The maximum atomic E-state index is 5.88. The Balaban J connectivity index is 0.00000144. The number of nitrogens with zero attached hydrogens (tertiary/aromatic N) is 1. The van der Waals surface area contributed by atoms with Crippen LogP contribution in [0.15, 0.2) is 42.5 Å². The highest BCUT2D eigenvalue weighted by atomic mass is 35.5. The molecular formula is C13H12Cl2N2. The van der Waals surface area contributed by atoms with Crippen molar-refractivity contribution in [3.05, 3.63) is 58.7 Å². The Labute approximate surface area is 112 Å². The van der Waals surface area contributed by atoms with Crippen LogP contribution in [0.1, 0.15) is 11.3 Å². The average Bonchev–Trinajstić information content (AvgIpc) is 2.27. The summed E-state index contributed by atoms with van der Waals surface area (Å²) in [5, 5.41) is 0.725. The summed E-state index contributed by atoms with van der Waals surface area (Å²) in [6.45, 7) is 0. The topological polar surface area (TPSA) is 38.9 Å². The van der Waals surface area contributed by atoms with Crippen LogP contribution in [-0.4, -0.2) is 4.98 Å². The third-order valence-electron chi connectivity index (χ3n) is 2.09. The van der Waals surface area contributed by atoms with Crippen LogP contribution < -0.4 is 5.73 Å². The highest BCUT2D eigenvalue weighted by Gasteiger charge is 1.91. The summed E-state index contributed by atoms with van der Waals surface area (Å²) in [5.41, 5.74) is 7.46. The van der Waals surface area contributed by atoms with Crippen molar-refractivity contribution in [1.29, 1.82) is 0 Å². The van der Waals surface area contributed by atoms with Gasteiger partial charge in [0, 0.05) is 5.02 Å². The molecule has 17 heavy (non-hydrogen) atoms. The van der Waals surface area contributed by atoms with Gasteiger partial charge in [-0.25, -0.2) is 4.98 Å². The van der Waals surface area contributed by atoms with Crippen molar-refractivity contribution in [2.45, 2.75) is 0 Å². The zero-order chi connectivity index (χ0) is 11.4. The molecule has 0 unspecified atom stereocenters. The summed E-state index contributed by atoms with van der Waals surface area (Å²) in [4.78, 5) is 4.17. The number of nitrogen functional groups attached to an aromatic ring is 1. The van der Waals surface area contributed by atoms with Crippen LogP contribution in [-0.2, 0) is 0 Å². The van der Waals surface area contributed by atoms with E-state index in [2.05, 4.69) is 4.98 Å². The number of aromatic nitrogens is 1. The van der Waals surface area contributed by atoms with Crippen LogP contribution in [0.3, 0.4) is 0 Å². The van der Waals surface area contributed by atoms with Gasteiger partial charge in [-0.1, -0.05) is 35.9 Å². The molecule has 1 aromatic carbocycles. The van der Waals surface area contributed by atoms with Crippen molar-refractivity contribution in [1.82, 2.24) is 4.98 Å². The monoisotopic (exact) mass is 266 g/mol. The van der Waals surface area contributed by atoms with E-state index in [4.69, 9.17) is 17.3 Å². The Morgan fingerprint density at radius 3 is 2.53 bits per heavy atom. The molecule has 0 saturated heterocycles. The van der Waals surface area contributed by atoms with Gasteiger partial charge in [0.05, 0.1) is 5.69 Å². The van der Waals surface area contributed by atoms with Gasteiger partial charge in [0.25, 0.3) is 0 Å². The Morgan fingerprint density at radius 2 is 1.82 bits per heavy atom. The van der Waals surface area contributed by atoms with Gasteiger partial charge >= 0.3 is 0 Å². The number of nitrogens with two attached hydrogens (primary N) is 1. The molecule has 0 saturated carbocycles. The zero-order valence-electron chi connectivity index (χ0n) is 9.01. The van der Waals surface area contributed by atoms with Gasteiger partial charge in [0.2, 0.25) is 0 Å². The van der Waals surface area contributed by atoms with Gasteiger partial charge in [0.15, 0.2) is 0 Å². The maximum absolute atomic E-state index is 5.88. The van der Waals surface area contributed by atoms with Gasteiger partial charge in [-0.2, -0.15) is 0 Å². The normalized spacial score (nSPS) is 10.2. The van der Waals surface area contributed by atoms with Gasteiger partial charge in [-0.15, -0.1) is 12.4 Å². The number of rotatable bonds is 2. The second kappa shape index (κ2) is 6.28. The third-order valence-corrected chi connectivity index (χ3v) is 2.32. The predicted molar refractivity (Wildman–Crippen MR) is 76.3 cm³/mol. The first kappa shape index (κ1) is 13.6. The van der Waals surface area contributed by atoms with E-state index in [1.807, 2.05) is 48.6 Å². The van der Waals surface area contributed by atoms with Crippen molar-refractivity contribution in [3.8, 4) is 0 Å². The smallest absolute Gasteiger partial charge is 0.124 e. The lowest BCUT2D eigenvalue weighted by atomic mass is 10.2. The number of anilines is 1. The highest BCUT2D eigenvalue weighted by Crippen LogP contribution is 2.13. The Kier molecular flexibility index (Phi) is 5.01. The quantitative estimate of drug-likeness (QED) is 0.895. The fraction of sp³-hybridized carbons (Fsp3) is 0. The molecule has 1 aromatic heterocycles. The fourth-order valence-electron chi connectivity index (χ4n) is 1.35. The molecule has 0 fully saturated rings. The average molecular weight is 267 g/mol. The van der Waals surface area contributed by atoms with Crippen LogP contribution in [0.2, 0.25) is 5.02 Å². The molecule has 2 rings (SSSR count). The summed E-state index contributed by atoms with van der Waals surface area (Å²) in [5.74, 6) is 0.522. The van der Waals surface area contributed by atoms with E-state index < -0.39 is 0 Å². The fourth-order valence-corrected chi connectivity index (χ4v) is 1.55. The summed E-state index contributed by atoms with van der Waals surface area (Å²) in [6, 6.07) is 13.2. The molecule has 0 spiro atoms. The summed E-state index contributed by atoms with van der Waals surface area (Å²) in [6.07, 6.45) is 3.86.